The van der Waals surface area contributed by atoms with Crippen LogP contribution in [0.4, 0.5) is 4.39 Å². The summed E-state index contributed by atoms with van der Waals surface area (Å²) in [6.07, 6.45) is 4.17. The smallest absolute Gasteiger partial charge is 0.355 e. The van der Waals surface area contributed by atoms with Gasteiger partial charge in [-0.2, -0.15) is 0 Å². The highest BCUT2D eigenvalue weighted by atomic mass is 32.2. The molecule has 34 heavy (non-hydrogen) atoms. The standard InChI is InChI=1S/C23H20FN5O3S2/c1-33-15-5-2-4-14(10-15)8-9-25-22(30)17-7-3-6-16(21(17)24)18-11-29(28-27-18)12-20-26-19(13-34-20)23(31)32/h2-7,10-11,13H,8-9,12H2,1H3,(H,25,30)(H,31,32). The largest absolute Gasteiger partial charge is 0.476 e. The molecule has 0 saturated carbocycles. The van der Waals surface area contributed by atoms with E-state index < -0.39 is 17.7 Å². The van der Waals surface area contributed by atoms with Crippen LogP contribution in [-0.4, -0.2) is 49.8 Å². The molecule has 4 aromatic rings. The normalized spacial score (nSPS) is 10.9. The number of thioether (sulfide) groups is 1. The Morgan fingerprint density at radius 2 is 2.06 bits per heavy atom. The molecule has 1 amide bonds. The van der Waals surface area contributed by atoms with Crippen LogP contribution >= 0.6 is 23.1 Å². The van der Waals surface area contributed by atoms with Crippen molar-refractivity contribution in [2.75, 3.05) is 12.8 Å². The van der Waals surface area contributed by atoms with Crippen LogP contribution in [0.2, 0.25) is 0 Å². The number of carbonyl (C=O) groups excluding carboxylic acids is 1. The minimum Gasteiger partial charge on any atom is -0.476 e. The van der Waals surface area contributed by atoms with Crippen LogP contribution in [0.3, 0.4) is 0 Å². The van der Waals surface area contributed by atoms with E-state index in [4.69, 9.17) is 5.11 Å². The van der Waals surface area contributed by atoms with E-state index in [-0.39, 0.29) is 29.1 Å². The fourth-order valence-electron chi connectivity index (χ4n) is 3.27. The van der Waals surface area contributed by atoms with Gasteiger partial charge in [0.25, 0.3) is 5.91 Å². The third kappa shape index (κ3) is 5.49. The molecule has 174 valence electrons. The summed E-state index contributed by atoms with van der Waals surface area (Å²) in [5.74, 6) is -2.29. The quantitative estimate of drug-likeness (QED) is 0.337. The molecule has 0 radical (unpaired) electrons. The third-order valence-corrected chi connectivity index (χ3v) is 6.52. The number of nitrogens with zero attached hydrogens (tertiary/aromatic N) is 4. The topological polar surface area (TPSA) is 110 Å². The molecule has 0 unspecified atom stereocenters. The van der Waals surface area contributed by atoms with E-state index in [1.54, 1.807) is 17.8 Å². The van der Waals surface area contributed by atoms with Gasteiger partial charge in [-0.15, -0.1) is 28.2 Å². The minimum absolute atomic E-state index is 0.0398. The van der Waals surface area contributed by atoms with Gasteiger partial charge in [-0.05, 0) is 42.5 Å². The number of halogens is 1. The molecule has 4 rings (SSSR count). The van der Waals surface area contributed by atoms with Crippen molar-refractivity contribution in [3.8, 4) is 11.3 Å². The van der Waals surface area contributed by atoms with Gasteiger partial charge in [0.2, 0.25) is 0 Å². The molecule has 0 aliphatic carbocycles. The summed E-state index contributed by atoms with van der Waals surface area (Å²) in [6.45, 7) is 0.577. The van der Waals surface area contributed by atoms with Gasteiger partial charge in [0.15, 0.2) is 5.69 Å². The molecule has 0 aliphatic rings. The molecule has 0 atom stereocenters. The summed E-state index contributed by atoms with van der Waals surface area (Å²) in [5, 5.41) is 21.7. The number of benzene rings is 2. The second kappa shape index (κ2) is 10.6. The fourth-order valence-corrected chi connectivity index (χ4v) is 4.51. The average Bonchev–Trinajstić information content (AvgIpc) is 3.49. The van der Waals surface area contributed by atoms with Crippen LogP contribution in [-0.2, 0) is 13.0 Å². The molecule has 2 N–H and O–H groups in total. The highest BCUT2D eigenvalue weighted by Crippen LogP contribution is 2.23. The Morgan fingerprint density at radius 1 is 1.24 bits per heavy atom. The lowest BCUT2D eigenvalue weighted by Crippen LogP contribution is -2.26. The van der Waals surface area contributed by atoms with Gasteiger partial charge in [-0.1, -0.05) is 23.4 Å². The number of carboxylic acids is 1. The van der Waals surface area contributed by atoms with Gasteiger partial charge < -0.3 is 10.4 Å². The second-order valence-corrected chi connectivity index (χ2v) is 9.08. The molecule has 0 saturated heterocycles. The van der Waals surface area contributed by atoms with E-state index in [1.165, 1.54) is 39.7 Å². The molecule has 2 aromatic heterocycles. The van der Waals surface area contributed by atoms with Crippen molar-refractivity contribution in [1.29, 1.82) is 0 Å². The Morgan fingerprint density at radius 3 is 2.82 bits per heavy atom. The average molecular weight is 498 g/mol. The number of nitrogens with one attached hydrogen (secondary N) is 1. The zero-order chi connectivity index (χ0) is 24.1. The number of aromatic nitrogens is 4. The Bertz CT molecular complexity index is 1340. The molecule has 0 bridgehead atoms. The summed E-state index contributed by atoms with van der Waals surface area (Å²) >= 11 is 2.84. The van der Waals surface area contributed by atoms with Crippen LogP contribution < -0.4 is 5.32 Å². The van der Waals surface area contributed by atoms with Gasteiger partial charge in [0, 0.05) is 22.4 Å². The second-order valence-electron chi connectivity index (χ2n) is 7.26. The maximum Gasteiger partial charge on any atom is 0.355 e. The van der Waals surface area contributed by atoms with Crippen molar-refractivity contribution < 1.29 is 19.1 Å². The number of hydrogen-bond acceptors (Lipinski definition) is 7. The van der Waals surface area contributed by atoms with E-state index in [1.807, 2.05) is 24.5 Å². The van der Waals surface area contributed by atoms with Crippen molar-refractivity contribution in [1.82, 2.24) is 25.3 Å². The number of carboxylic acid groups (broad SMARTS) is 1. The number of hydrogen-bond donors (Lipinski definition) is 2. The van der Waals surface area contributed by atoms with E-state index in [9.17, 15) is 9.59 Å². The lowest BCUT2D eigenvalue weighted by Gasteiger charge is -2.09. The molecule has 0 aliphatic heterocycles. The summed E-state index contributed by atoms with van der Waals surface area (Å²) < 4.78 is 16.6. The Hall–Kier alpha value is -3.57. The summed E-state index contributed by atoms with van der Waals surface area (Å²) in [4.78, 5) is 28.7. The minimum atomic E-state index is -1.10. The van der Waals surface area contributed by atoms with E-state index in [0.717, 1.165) is 10.5 Å². The first kappa shape index (κ1) is 23.6. The predicted molar refractivity (Wildman–Crippen MR) is 128 cm³/mol. The first-order chi connectivity index (χ1) is 16.4. The number of thiazole rings is 1. The fraction of sp³-hybridized carbons (Fsp3) is 0.174. The molecule has 0 fully saturated rings. The third-order valence-electron chi connectivity index (χ3n) is 4.96. The van der Waals surface area contributed by atoms with Gasteiger partial charge in [-0.25, -0.2) is 18.9 Å². The van der Waals surface area contributed by atoms with Gasteiger partial charge in [0.05, 0.1) is 18.3 Å². The Balaban J connectivity index is 1.43. The first-order valence-corrected chi connectivity index (χ1v) is 12.3. The van der Waals surface area contributed by atoms with Gasteiger partial charge in [-0.3, -0.25) is 4.79 Å². The summed E-state index contributed by atoms with van der Waals surface area (Å²) in [6, 6.07) is 12.6. The molecular formula is C23H20FN5O3S2. The summed E-state index contributed by atoms with van der Waals surface area (Å²) in [7, 11) is 0. The lowest BCUT2D eigenvalue weighted by atomic mass is 10.1. The van der Waals surface area contributed by atoms with E-state index >= 15 is 4.39 Å². The number of rotatable bonds is 9. The molecule has 8 nitrogen and oxygen atoms in total. The van der Waals surface area contributed by atoms with Crippen molar-refractivity contribution in [3.05, 3.63) is 81.7 Å². The number of amides is 1. The summed E-state index contributed by atoms with van der Waals surface area (Å²) in [5.41, 5.74) is 1.39. The van der Waals surface area contributed by atoms with E-state index in [0.29, 0.717) is 18.0 Å². The van der Waals surface area contributed by atoms with Crippen molar-refractivity contribution >= 4 is 35.0 Å². The predicted octanol–water partition coefficient (Wildman–Crippen LogP) is 3.98. The Kier molecular flexibility index (Phi) is 7.33. The van der Waals surface area contributed by atoms with Crippen LogP contribution in [0.5, 0.6) is 0 Å². The van der Waals surface area contributed by atoms with Gasteiger partial charge >= 0.3 is 5.97 Å². The van der Waals surface area contributed by atoms with Crippen molar-refractivity contribution in [3.63, 3.8) is 0 Å². The van der Waals surface area contributed by atoms with Crippen molar-refractivity contribution in [2.45, 2.75) is 17.9 Å². The van der Waals surface area contributed by atoms with Crippen LogP contribution in [0.25, 0.3) is 11.3 Å². The highest BCUT2D eigenvalue weighted by Gasteiger charge is 2.18. The monoisotopic (exact) mass is 497 g/mol. The maximum atomic E-state index is 15.2. The van der Waals surface area contributed by atoms with Crippen LogP contribution in [0.1, 0.15) is 31.4 Å². The van der Waals surface area contributed by atoms with Gasteiger partial charge in [0.1, 0.15) is 16.5 Å². The highest BCUT2D eigenvalue weighted by molar-refractivity contribution is 7.98. The van der Waals surface area contributed by atoms with Crippen molar-refractivity contribution in [2.24, 2.45) is 0 Å². The molecule has 2 aromatic carbocycles. The molecular weight excluding hydrogens is 477 g/mol. The van der Waals surface area contributed by atoms with Crippen LogP contribution in [0, 0.1) is 5.82 Å². The Labute approximate surface area is 202 Å². The number of aromatic carboxylic acids is 1. The van der Waals surface area contributed by atoms with Crippen LogP contribution in [0.15, 0.2) is 58.9 Å². The zero-order valence-corrected chi connectivity index (χ0v) is 19.7. The molecule has 0 spiro atoms. The molecule has 2 heterocycles. The maximum absolute atomic E-state index is 15.2. The molecule has 11 heteroatoms. The number of carbonyl (C=O) groups is 2. The SMILES string of the molecule is CSc1cccc(CCNC(=O)c2cccc(-c3cn(Cc4nc(C(=O)O)cs4)nn3)c2F)c1. The zero-order valence-electron chi connectivity index (χ0n) is 18.1. The lowest BCUT2D eigenvalue weighted by molar-refractivity contribution is 0.0690. The first-order valence-electron chi connectivity index (χ1n) is 10.2. The van der Waals surface area contributed by atoms with E-state index in [2.05, 4.69) is 26.7 Å².